The Morgan fingerprint density at radius 3 is 2.70 bits per heavy atom. The van der Waals surface area contributed by atoms with Crippen molar-refractivity contribution in [3.63, 3.8) is 0 Å². The van der Waals surface area contributed by atoms with Gasteiger partial charge in [0.05, 0.1) is 6.04 Å². The van der Waals surface area contributed by atoms with Crippen molar-refractivity contribution in [2.75, 3.05) is 19.9 Å². The smallest absolute Gasteiger partial charge is 0.254 e. The number of benzene rings is 1. The lowest BCUT2D eigenvalue weighted by Gasteiger charge is -2.22. The van der Waals surface area contributed by atoms with Crippen molar-refractivity contribution in [1.82, 2.24) is 25.0 Å². The van der Waals surface area contributed by atoms with Gasteiger partial charge < -0.3 is 24.3 Å². The minimum atomic E-state index is -0.195. The third-order valence-electron chi connectivity index (χ3n) is 5.36. The highest BCUT2D eigenvalue weighted by molar-refractivity contribution is 5.95. The molecule has 2 amide bonds. The Morgan fingerprint density at radius 1 is 1.13 bits per heavy atom. The maximum atomic E-state index is 13.1. The molecule has 0 radical (unpaired) electrons. The van der Waals surface area contributed by atoms with Crippen molar-refractivity contribution in [2.24, 2.45) is 5.92 Å². The van der Waals surface area contributed by atoms with Crippen LogP contribution in [-0.4, -0.2) is 51.4 Å². The van der Waals surface area contributed by atoms with Crippen molar-refractivity contribution >= 4 is 11.8 Å². The van der Waals surface area contributed by atoms with Crippen LogP contribution in [0.5, 0.6) is 11.5 Å². The number of ether oxygens (including phenoxy) is 2. The van der Waals surface area contributed by atoms with E-state index < -0.39 is 0 Å². The van der Waals surface area contributed by atoms with E-state index in [0.717, 1.165) is 18.1 Å². The Kier molecular flexibility index (Phi) is 5.61. The van der Waals surface area contributed by atoms with E-state index in [0.29, 0.717) is 49.0 Å². The van der Waals surface area contributed by atoms with Gasteiger partial charge in [-0.05, 0) is 30.5 Å². The van der Waals surface area contributed by atoms with E-state index in [1.165, 1.54) is 6.92 Å². The largest absolute Gasteiger partial charge is 0.454 e. The van der Waals surface area contributed by atoms with Gasteiger partial charge in [-0.1, -0.05) is 13.8 Å². The van der Waals surface area contributed by atoms with Gasteiger partial charge in [0.1, 0.15) is 5.82 Å². The molecule has 3 heterocycles. The summed E-state index contributed by atoms with van der Waals surface area (Å²) in [5.41, 5.74) is 0.577. The fraction of sp³-hybridized carbons (Fsp3) is 0.524. The summed E-state index contributed by atoms with van der Waals surface area (Å²) in [5.74, 6) is 3.11. The molecule has 9 heteroatoms. The van der Waals surface area contributed by atoms with Crippen LogP contribution in [-0.2, 0) is 17.8 Å². The van der Waals surface area contributed by atoms with Crippen LogP contribution >= 0.6 is 0 Å². The monoisotopic (exact) mass is 413 g/mol. The lowest BCUT2D eigenvalue weighted by atomic mass is 10.0. The molecular weight excluding hydrogens is 386 g/mol. The minimum absolute atomic E-state index is 0.0471. The standard InChI is InChI=1S/C21H27N5O4/c1-13(2)10-16(22-14(3)27)20-24-23-19-6-7-25(8-9-26(19)20)21(28)15-4-5-17-18(11-15)30-12-29-17/h4-5,11,13,16H,6-10,12H2,1-3H3,(H,22,27). The van der Waals surface area contributed by atoms with Gasteiger partial charge >= 0.3 is 0 Å². The van der Waals surface area contributed by atoms with Crippen molar-refractivity contribution in [2.45, 2.75) is 46.2 Å². The van der Waals surface area contributed by atoms with Gasteiger partial charge in [-0.25, -0.2) is 0 Å². The number of amides is 2. The van der Waals surface area contributed by atoms with Gasteiger partial charge in [0.25, 0.3) is 5.91 Å². The molecule has 0 aliphatic carbocycles. The normalized spacial score (nSPS) is 16.2. The molecule has 0 spiro atoms. The first-order valence-electron chi connectivity index (χ1n) is 10.3. The molecule has 2 aromatic rings. The third kappa shape index (κ3) is 4.10. The van der Waals surface area contributed by atoms with Gasteiger partial charge in [-0.15, -0.1) is 10.2 Å². The van der Waals surface area contributed by atoms with E-state index in [2.05, 4.69) is 33.9 Å². The number of hydrogen-bond acceptors (Lipinski definition) is 6. The van der Waals surface area contributed by atoms with Crippen LogP contribution in [0, 0.1) is 5.92 Å². The first-order chi connectivity index (χ1) is 14.4. The molecule has 0 bridgehead atoms. The Bertz CT molecular complexity index is 955. The minimum Gasteiger partial charge on any atom is -0.454 e. The van der Waals surface area contributed by atoms with Crippen LogP contribution < -0.4 is 14.8 Å². The summed E-state index contributed by atoms with van der Waals surface area (Å²) in [4.78, 5) is 26.6. The molecule has 0 saturated heterocycles. The fourth-order valence-electron chi connectivity index (χ4n) is 3.96. The molecule has 0 saturated carbocycles. The predicted octanol–water partition coefficient (Wildman–Crippen LogP) is 1.93. The van der Waals surface area contributed by atoms with Gasteiger partial charge in [-0.3, -0.25) is 9.59 Å². The summed E-state index contributed by atoms with van der Waals surface area (Å²) in [6, 6.07) is 5.07. The van der Waals surface area contributed by atoms with Crippen LogP contribution in [0.1, 0.15) is 55.2 Å². The van der Waals surface area contributed by atoms with Gasteiger partial charge in [0.2, 0.25) is 12.7 Å². The summed E-state index contributed by atoms with van der Waals surface area (Å²) in [5, 5.41) is 11.7. The molecule has 9 nitrogen and oxygen atoms in total. The fourth-order valence-corrected chi connectivity index (χ4v) is 3.96. The Morgan fingerprint density at radius 2 is 1.93 bits per heavy atom. The van der Waals surface area contributed by atoms with E-state index in [1.807, 2.05) is 4.90 Å². The zero-order valence-corrected chi connectivity index (χ0v) is 17.6. The van der Waals surface area contributed by atoms with Crippen molar-refractivity contribution < 1.29 is 19.1 Å². The maximum Gasteiger partial charge on any atom is 0.254 e. The molecule has 1 aromatic heterocycles. The topological polar surface area (TPSA) is 98.6 Å². The Hall–Kier alpha value is -3.10. The molecule has 4 rings (SSSR count). The van der Waals surface area contributed by atoms with Gasteiger partial charge in [-0.2, -0.15) is 0 Å². The van der Waals surface area contributed by atoms with E-state index >= 15 is 0 Å². The number of rotatable bonds is 5. The second-order valence-electron chi connectivity index (χ2n) is 8.12. The summed E-state index contributed by atoms with van der Waals surface area (Å²) >= 11 is 0. The van der Waals surface area contributed by atoms with E-state index in [-0.39, 0.29) is 24.6 Å². The molecule has 160 valence electrons. The van der Waals surface area contributed by atoms with Crippen molar-refractivity contribution in [3.8, 4) is 11.5 Å². The number of carbonyl (C=O) groups excluding carboxylic acids is 2. The molecule has 0 fully saturated rings. The number of nitrogens with zero attached hydrogens (tertiary/aromatic N) is 4. The van der Waals surface area contributed by atoms with Crippen LogP contribution in [0.15, 0.2) is 18.2 Å². The van der Waals surface area contributed by atoms with Crippen LogP contribution in [0.25, 0.3) is 0 Å². The number of aromatic nitrogens is 3. The highest BCUT2D eigenvalue weighted by Crippen LogP contribution is 2.33. The maximum absolute atomic E-state index is 13.1. The second-order valence-corrected chi connectivity index (χ2v) is 8.12. The highest BCUT2D eigenvalue weighted by atomic mass is 16.7. The molecule has 1 unspecified atom stereocenters. The number of nitrogens with one attached hydrogen (secondary N) is 1. The molecule has 2 aliphatic rings. The molecule has 30 heavy (non-hydrogen) atoms. The van der Waals surface area contributed by atoms with Crippen LogP contribution in [0.4, 0.5) is 0 Å². The van der Waals surface area contributed by atoms with E-state index in [1.54, 1.807) is 18.2 Å². The summed E-state index contributed by atoms with van der Waals surface area (Å²) < 4.78 is 12.8. The first-order valence-corrected chi connectivity index (χ1v) is 10.3. The third-order valence-corrected chi connectivity index (χ3v) is 5.36. The highest BCUT2D eigenvalue weighted by Gasteiger charge is 2.27. The molecule has 2 aliphatic heterocycles. The predicted molar refractivity (Wildman–Crippen MR) is 108 cm³/mol. The molecule has 1 atom stereocenters. The molecular formula is C21H27N5O4. The average Bonchev–Trinajstić information content (AvgIpc) is 3.27. The zero-order valence-electron chi connectivity index (χ0n) is 17.6. The van der Waals surface area contributed by atoms with Crippen LogP contribution in [0.2, 0.25) is 0 Å². The Balaban J connectivity index is 1.51. The first kappa shape index (κ1) is 20.2. The molecule has 1 N–H and O–H groups in total. The second kappa shape index (κ2) is 8.33. The zero-order chi connectivity index (χ0) is 21.3. The number of hydrogen-bond donors (Lipinski definition) is 1. The lowest BCUT2D eigenvalue weighted by molar-refractivity contribution is -0.119. The lowest BCUT2D eigenvalue weighted by Crippen LogP contribution is -2.34. The number of carbonyl (C=O) groups is 2. The van der Waals surface area contributed by atoms with E-state index in [4.69, 9.17) is 9.47 Å². The van der Waals surface area contributed by atoms with Crippen molar-refractivity contribution in [3.05, 3.63) is 35.4 Å². The van der Waals surface area contributed by atoms with Gasteiger partial charge in [0.15, 0.2) is 17.3 Å². The van der Waals surface area contributed by atoms with Crippen LogP contribution in [0.3, 0.4) is 0 Å². The van der Waals surface area contributed by atoms with Crippen molar-refractivity contribution in [1.29, 1.82) is 0 Å². The van der Waals surface area contributed by atoms with E-state index in [9.17, 15) is 9.59 Å². The Labute approximate surface area is 175 Å². The van der Waals surface area contributed by atoms with Gasteiger partial charge in [0, 0.05) is 38.5 Å². The number of fused-ring (bicyclic) bond motifs is 2. The average molecular weight is 413 g/mol. The summed E-state index contributed by atoms with van der Waals surface area (Å²) in [7, 11) is 0. The summed E-state index contributed by atoms with van der Waals surface area (Å²) in [6.45, 7) is 7.60. The quantitative estimate of drug-likeness (QED) is 0.804. The molecule has 1 aromatic carbocycles. The summed E-state index contributed by atoms with van der Waals surface area (Å²) in [6.07, 6.45) is 1.38. The SMILES string of the molecule is CC(=O)NC(CC(C)C)c1nnc2n1CCN(C(=O)c1ccc3c(c1)OCO3)CC2.